The first-order valence-corrected chi connectivity index (χ1v) is 17.1. The molecule has 247 valence electrons. The molecule has 0 amide bonds. The van der Waals surface area contributed by atoms with E-state index in [0.29, 0.717) is 0 Å². The minimum atomic E-state index is -0.0346. The molecule has 0 saturated carbocycles. The molecule has 0 bridgehead atoms. The van der Waals surface area contributed by atoms with Gasteiger partial charge < -0.3 is 14.4 Å². The van der Waals surface area contributed by atoms with Gasteiger partial charge in [-0.05, 0) is 96.1 Å². The number of hydrogen-bond acceptors (Lipinski definition) is 4. The predicted molar refractivity (Wildman–Crippen MR) is 203 cm³/mol. The summed E-state index contributed by atoms with van der Waals surface area (Å²) in [7, 11) is 0. The molecule has 0 fully saturated rings. The molecular weight excluding hydrogens is 797 g/mol. The summed E-state index contributed by atoms with van der Waals surface area (Å²) in [6.45, 7) is 15.3. The van der Waals surface area contributed by atoms with Crippen LogP contribution in [0.15, 0.2) is 108 Å². The summed E-state index contributed by atoms with van der Waals surface area (Å²) in [5, 5.41) is 3.55. The van der Waals surface area contributed by atoms with Gasteiger partial charge in [0.1, 0.15) is 5.58 Å². The molecule has 4 heterocycles. The maximum atomic E-state index is 6.48. The molecule has 8 aromatic rings. The molecule has 5 heteroatoms. The quantitative estimate of drug-likeness (QED) is 0.166. The third-order valence-corrected chi connectivity index (χ3v) is 9.85. The second-order valence-corrected chi connectivity index (χ2v) is 14.8. The summed E-state index contributed by atoms with van der Waals surface area (Å²) < 4.78 is 7.77. The van der Waals surface area contributed by atoms with Gasteiger partial charge in [0.15, 0.2) is 0 Å². The summed E-state index contributed by atoms with van der Waals surface area (Å²) in [4.78, 5) is 10.6. The van der Waals surface area contributed by atoms with E-state index < -0.39 is 0 Å². The molecule has 4 aromatic carbocycles. The van der Waals surface area contributed by atoms with Crippen LogP contribution in [0, 0.1) is 39.8 Å². The number of thiophene rings is 1. The van der Waals surface area contributed by atoms with Crippen molar-refractivity contribution in [1.82, 2.24) is 9.97 Å². The summed E-state index contributed by atoms with van der Waals surface area (Å²) in [6.07, 6.45) is 3.92. The van der Waals surface area contributed by atoms with Crippen molar-refractivity contribution >= 4 is 43.4 Å². The molecule has 0 unspecified atom stereocenters. The van der Waals surface area contributed by atoms with Crippen LogP contribution < -0.4 is 0 Å². The number of rotatable bonds is 3. The van der Waals surface area contributed by atoms with Crippen LogP contribution in [0.5, 0.6) is 0 Å². The monoisotopic (exact) mass is 835 g/mol. The molecule has 49 heavy (non-hydrogen) atoms. The fourth-order valence-corrected chi connectivity index (χ4v) is 7.42. The van der Waals surface area contributed by atoms with Gasteiger partial charge in [-0.1, -0.05) is 68.1 Å². The van der Waals surface area contributed by atoms with Crippen LogP contribution in [0.3, 0.4) is 0 Å². The predicted octanol–water partition coefficient (Wildman–Crippen LogP) is 12.4. The number of fused-ring (bicyclic) bond motifs is 5. The van der Waals surface area contributed by atoms with Gasteiger partial charge in [0.2, 0.25) is 0 Å². The van der Waals surface area contributed by atoms with E-state index in [1.165, 1.54) is 53.7 Å². The number of pyridine rings is 2. The molecule has 0 aliphatic heterocycles. The van der Waals surface area contributed by atoms with E-state index in [-0.39, 0.29) is 25.5 Å². The number of nitrogens with zero attached hydrogens (tertiary/aromatic N) is 2. The Morgan fingerprint density at radius 2 is 1.49 bits per heavy atom. The average Bonchev–Trinajstić information content (AvgIpc) is 3.65. The van der Waals surface area contributed by atoms with E-state index in [1.807, 2.05) is 67.1 Å². The molecule has 0 N–H and O–H groups in total. The van der Waals surface area contributed by atoms with Crippen molar-refractivity contribution in [3.63, 3.8) is 0 Å². The zero-order chi connectivity index (χ0) is 33.6. The van der Waals surface area contributed by atoms with Gasteiger partial charge in [-0.2, -0.15) is 0 Å². The minimum absolute atomic E-state index is 0. The molecule has 1 radical (unpaired) electrons. The number of benzene rings is 4. The van der Waals surface area contributed by atoms with Crippen molar-refractivity contribution in [2.75, 3.05) is 0 Å². The minimum Gasteiger partial charge on any atom is -0.501 e. The smallest absolute Gasteiger partial charge is 0.121 e. The third kappa shape index (κ3) is 6.76. The summed E-state index contributed by atoms with van der Waals surface area (Å²) in [6, 6.07) is 37.9. The van der Waals surface area contributed by atoms with Gasteiger partial charge in [-0.15, -0.1) is 65.4 Å². The largest absolute Gasteiger partial charge is 0.501 e. The maximum Gasteiger partial charge on any atom is 0.121 e. The molecule has 0 aliphatic carbocycles. The van der Waals surface area contributed by atoms with Crippen LogP contribution >= 0.6 is 11.3 Å². The van der Waals surface area contributed by atoms with E-state index in [4.69, 9.17) is 9.40 Å². The Kier molecular flexibility index (Phi) is 9.73. The summed E-state index contributed by atoms with van der Waals surface area (Å²) in [5.74, 6) is 0. The average molecular weight is 835 g/mol. The first-order chi connectivity index (χ1) is 23.1. The standard InChI is InChI=1S/C32H28NOS.C12H10N.Ir/c1-18-9-7-10-19(2)29(18)23-16-26(33-17-25(23)32(4,5)6)21-11-8-12-22-30-24-15-20(3)35-28(24)14-13-27(30)34-31(21)22;1-10-7-8-12(13-9-10)11-5-3-2-4-6-11;/h7-10,12-17H,1-6H3;2-5,7-9H,1H3;/q2*-1;. The Morgan fingerprint density at radius 3 is 2.18 bits per heavy atom. The van der Waals surface area contributed by atoms with Crippen molar-refractivity contribution in [2.45, 2.75) is 53.9 Å². The number of hydrogen-bond donors (Lipinski definition) is 0. The number of aromatic nitrogens is 2. The molecule has 0 saturated heterocycles. The van der Waals surface area contributed by atoms with Crippen molar-refractivity contribution in [3.05, 3.63) is 143 Å². The Labute approximate surface area is 306 Å². The van der Waals surface area contributed by atoms with Crippen LogP contribution in [-0.4, -0.2) is 9.97 Å². The van der Waals surface area contributed by atoms with E-state index in [1.54, 1.807) is 0 Å². The number of aryl methyl sites for hydroxylation is 4. The summed E-state index contributed by atoms with van der Waals surface area (Å²) in [5.41, 5.74) is 13.0. The molecular formula is C44H38IrN2OS-2. The molecule has 8 rings (SSSR count). The first kappa shape index (κ1) is 34.5. The molecule has 0 spiro atoms. The van der Waals surface area contributed by atoms with Gasteiger partial charge in [0, 0.05) is 52.8 Å². The molecule has 3 nitrogen and oxygen atoms in total. The van der Waals surface area contributed by atoms with Crippen molar-refractivity contribution < 1.29 is 24.5 Å². The Morgan fingerprint density at radius 1 is 0.714 bits per heavy atom. The van der Waals surface area contributed by atoms with Crippen LogP contribution in [-0.2, 0) is 25.5 Å². The van der Waals surface area contributed by atoms with Crippen molar-refractivity contribution in [1.29, 1.82) is 0 Å². The fourth-order valence-electron chi connectivity index (χ4n) is 6.48. The first-order valence-electron chi connectivity index (χ1n) is 16.3. The topological polar surface area (TPSA) is 38.9 Å². The van der Waals surface area contributed by atoms with E-state index in [2.05, 4.69) is 113 Å². The normalized spacial score (nSPS) is 11.4. The van der Waals surface area contributed by atoms with Crippen LogP contribution in [0.2, 0.25) is 0 Å². The second kappa shape index (κ2) is 13.8. The van der Waals surface area contributed by atoms with Gasteiger partial charge in [0.05, 0.1) is 5.58 Å². The van der Waals surface area contributed by atoms with Gasteiger partial charge in [-0.25, -0.2) is 0 Å². The SMILES string of the molecule is Cc1cc2c(ccc3oc4c(-c5cc(-c6c(C)cccc6C)c(C(C)(C)C)cn5)[c-]ccc4c32)s1.Cc1ccc(-c2[c-]cccc2)nc1.[Ir]. The second-order valence-electron chi connectivity index (χ2n) is 13.5. The van der Waals surface area contributed by atoms with Crippen molar-refractivity contribution in [3.8, 4) is 33.6 Å². The fraction of sp³-hybridized carbons (Fsp3) is 0.182. The Hall–Kier alpha value is -4.41. The van der Waals surface area contributed by atoms with Crippen molar-refractivity contribution in [2.24, 2.45) is 0 Å². The van der Waals surface area contributed by atoms with Crippen LogP contribution in [0.1, 0.15) is 47.9 Å². The van der Waals surface area contributed by atoms with Gasteiger partial charge in [0.25, 0.3) is 0 Å². The molecule has 0 aliphatic rings. The Balaban J connectivity index is 0.000000250. The van der Waals surface area contributed by atoms with E-state index in [0.717, 1.165) is 39.1 Å². The molecule has 0 atom stereocenters. The zero-order valence-electron chi connectivity index (χ0n) is 28.9. The van der Waals surface area contributed by atoms with Crippen LogP contribution in [0.25, 0.3) is 65.7 Å². The van der Waals surface area contributed by atoms with Gasteiger partial charge in [-0.3, -0.25) is 0 Å². The Bertz CT molecular complexity index is 2400. The summed E-state index contributed by atoms with van der Waals surface area (Å²) >= 11 is 1.82. The van der Waals surface area contributed by atoms with E-state index in [9.17, 15) is 0 Å². The third-order valence-electron chi connectivity index (χ3n) is 8.83. The van der Waals surface area contributed by atoms with Gasteiger partial charge >= 0.3 is 0 Å². The number of furan rings is 1. The zero-order valence-corrected chi connectivity index (χ0v) is 32.1. The molecule has 4 aromatic heterocycles. The van der Waals surface area contributed by atoms with Crippen LogP contribution in [0.4, 0.5) is 0 Å². The van der Waals surface area contributed by atoms with E-state index >= 15 is 0 Å². The maximum absolute atomic E-state index is 6.48.